The van der Waals surface area contributed by atoms with Crippen LogP contribution in [0.2, 0.25) is 10.0 Å². The molecule has 0 aliphatic rings. The number of aromatic nitrogens is 2. The van der Waals surface area contributed by atoms with Gasteiger partial charge >= 0.3 is 0 Å². The van der Waals surface area contributed by atoms with Crippen LogP contribution in [0, 0.1) is 0 Å². The number of fused-ring (bicyclic) bond motifs is 2. The van der Waals surface area contributed by atoms with Gasteiger partial charge in [-0.25, -0.2) is 9.13 Å². The molecule has 0 saturated carbocycles. The first-order valence-electron chi connectivity index (χ1n) is 9.13. The van der Waals surface area contributed by atoms with Crippen molar-refractivity contribution in [1.29, 1.82) is 0 Å². The molecule has 10 heteroatoms. The molecule has 3 aromatic carbocycles. The Morgan fingerprint density at radius 1 is 0.562 bits per heavy atom. The average molecular weight is 469 g/mol. The normalized spacial score (nSPS) is 11.6. The summed E-state index contributed by atoms with van der Waals surface area (Å²) in [4.78, 5) is 52.5. The van der Waals surface area contributed by atoms with Crippen LogP contribution in [0.3, 0.4) is 0 Å². The SMILES string of the molecule is O=c1c2c(Cl)c3c(=O)n(-c4cccc(O)c4)c(=O)c3c(Cl)c2c(=O)n1-c1cccc(O)c1. The maximum atomic E-state index is 13.1. The van der Waals surface area contributed by atoms with Crippen molar-refractivity contribution in [2.45, 2.75) is 0 Å². The molecule has 2 N–H and O–H groups in total. The number of phenols is 2. The van der Waals surface area contributed by atoms with E-state index >= 15 is 0 Å². The lowest BCUT2D eigenvalue weighted by molar-refractivity contribution is 0.474. The van der Waals surface area contributed by atoms with Crippen LogP contribution in [0.15, 0.2) is 67.7 Å². The van der Waals surface area contributed by atoms with Gasteiger partial charge in [-0.3, -0.25) is 19.2 Å². The quantitative estimate of drug-likeness (QED) is 0.411. The summed E-state index contributed by atoms with van der Waals surface area (Å²) < 4.78 is 1.53. The van der Waals surface area contributed by atoms with Crippen molar-refractivity contribution in [3.63, 3.8) is 0 Å². The van der Waals surface area contributed by atoms with Gasteiger partial charge in [0.05, 0.1) is 43.0 Å². The van der Waals surface area contributed by atoms with E-state index in [-0.39, 0.29) is 54.5 Å². The highest BCUT2D eigenvalue weighted by molar-refractivity contribution is 6.47. The van der Waals surface area contributed by atoms with Gasteiger partial charge in [0.1, 0.15) is 11.5 Å². The van der Waals surface area contributed by atoms with Gasteiger partial charge in [-0.15, -0.1) is 0 Å². The summed E-state index contributed by atoms with van der Waals surface area (Å²) in [6.07, 6.45) is 0. The molecule has 2 heterocycles. The molecule has 0 aliphatic heterocycles. The van der Waals surface area contributed by atoms with Crippen LogP contribution in [0.1, 0.15) is 0 Å². The van der Waals surface area contributed by atoms with Gasteiger partial charge in [-0.2, -0.15) is 0 Å². The molecule has 0 saturated heterocycles. The Morgan fingerprint density at radius 2 is 0.875 bits per heavy atom. The van der Waals surface area contributed by atoms with Crippen molar-refractivity contribution in [2.75, 3.05) is 0 Å². The van der Waals surface area contributed by atoms with Gasteiger partial charge in [-0.05, 0) is 24.3 Å². The molecule has 0 bridgehead atoms. The van der Waals surface area contributed by atoms with Gasteiger partial charge < -0.3 is 10.2 Å². The molecule has 0 radical (unpaired) electrons. The van der Waals surface area contributed by atoms with Gasteiger partial charge in [0.2, 0.25) is 0 Å². The van der Waals surface area contributed by atoms with Crippen LogP contribution in [0.25, 0.3) is 32.9 Å². The monoisotopic (exact) mass is 468 g/mol. The number of phenolic OH excluding ortho intramolecular Hbond substituents is 2. The Kier molecular flexibility index (Phi) is 4.27. The zero-order valence-electron chi connectivity index (χ0n) is 15.8. The Balaban J connectivity index is 1.97. The number of rotatable bonds is 2. The van der Waals surface area contributed by atoms with Crippen LogP contribution in [0.5, 0.6) is 11.5 Å². The second-order valence-electron chi connectivity index (χ2n) is 7.06. The third-order valence-corrected chi connectivity index (χ3v) is 5.98. The molecule has 5 aromatic rings. The predicted octanol–water partition coefficient (Wildman–Crippen LogP) is 2.61. The fourth-order valence-electron chi connectivity index (χ4n) is 3.86. The first-order chi connectivity index (χ1) is 15.2. The summed E-state index contributed by atoms with van der Waals surface area (Å²) in [6.45, 7) is 0. The fraction of sp³-hybridized carbons (Fsp3) is 0. The van der Waals surface area contributed by atoms with E-state index in [0.717, 1.165) is 9.13 Å². The molecule has 2 aromatic heterocycles. The molecule has 0 fully saturated rings. The molecule has 0 amide bonds. The zero-order valence-corrected chi connectivity index (χ0v) is 17.3. The van der Waals surface area contributed by atoms with Gasteiger partial charge in [0.15, 0.2) is 0 Å². The minimum atomic E-state index is -0.846. The maximum Gasteiger partial charge on any atom is 0.267 e. The second kappa shape index (κ2) is 6.81. The lowest BCUT2D eigenvalue weighted by Gasteiger charge is -2.00. The summed E-state index contributed by atoms with van der Waals surface area (Å²) in [5.41, 5.74) is -3.24. The smallest absolute Gasteiger partial charge is 0.267 e. The lowest BCUT2D eigenvalue weighted by Crippen LogP contribution is -2.24. The molecule has 32 heavy (non-hydrogen) atoms. The molecule has 0 atom stereocenters. The minimum absolute atomic E-state index is 0.0718. The third-order valence-electron chi connectivity index (χ3n) is 5.22. The Labute approximate surface area is 187 Å². The van der Waals surface area contributed by atoms with Crippen molar-refractivity contribution < 1.29 is 10.2 Å². The van der Waals surface area contributed by atoms with E-state index in [1.807, 2.05) is 0 Å². The van der Waals surface area contributed by atoms with E-state index in [0.29, 0.717) is 0 Å². The van der Waals surface area contributed by atoms with Gasteiger partial charge in [-0.1, -0.05) is 35.3 Å². The first kappa shape index (κ1) is 20.0. The number of benzene rings is 3. The number of hydrogen-bond acceptors (Lipinski definition) is 6. The summed E-state index contributed by atoms with van der Waals surface area (Å²) in [6, 6.07) is 10.9. The highest BCUT2D eigenvalue weighted by atomic mass is 35.5. The molecule has 8 nitrogen and oxygen atoms in total. The standard InChI is InChI=1S/C22H10Cl2N2O6/c23-17-13-14(20(30)25(19(13)29)9-3-1-5-11(27)7-9)18(24)16-15(17)21(31)26(22(16)32)10-4-2-6-12(28)8-10/h1-8,27-28H. The second-order valence-corrected chi connectivity index (χ2v) is 7.82. The Morgan fingerprint density at radius 3 is 1.16 bits per heavy atom. The summed E-state index contributed by atoms with van der Waals surface area (Å²) >= 11 is 12.8. The van der Waals surface area contributed by atoms with E-state index in [4.69, 9.17) is 23.2 Å². The van der Waals surface area contributed by atoms with Gasteiger partial charge in [0, 0.05) is 12.1 Å². The highest BCUT2D eigenvalue weighted by Gasteiger charge is 2.28. The van der Waals surface area contributed by atoms with E-state index in [2.05, 4.69) is 0 Å². The van der Waals surface area contributed by atoms with Crippen molar-refractivity contribution >= 4 is 44.7 Å². The van der Waals surface area contributed by atoms with E-state index < -0.39 is 22.2 Å². The average Bonchev–Trinajstić information content (AvgIpc) is 3.16. The molecule has 5 rings (SSSR count). The topological polar surface area (TPSA) is 119 Å². The highest BCUT2D eigenvalue weighted by Crippen LogP contribution is 2.34. The summed E-state index contributed by atoms with van der Waals surface area (Å²) in [5.74, 6) is -0.350. The largest absolute Gasteiger partial charge is 0.508 e. The lowest BCUT2D eigenvalue weighted by atomic mass is 10.1. The molecular formula is C22H10Cl2N2O6. The third kappa shape index (κ3) is 2.57. The molecule has 0 unspecified atom stereocenters. The Bertz CT molecular complexity index is 1600. The van der Waals surface area contributed by atoms with E-state index in [9.17, 15) is 29.4 Å². The number of hydrogen-bond donors (Lipinski definition) is 2. The van der Waals surface area contributed by atoms with Crippen LogP contribution in [-0.4, -0.2) is 19.3 Å². The fourth-order valence-corrected chi connectivity index (χ4v) is 4.56. The maximum absolute atomic E-state index is 13.1. The minimum Gasteiger partial charge on any atom is -0.508 e. The molecular weight excluding hydrogens is 459 g/mol. The van der Waals surface area contributed by atoms with Gasteiger partial charge in [0.25, 0.3) is 22.2 Å². The van der Waals surface area contributed by atoms with Crippen LogP contribution < -0.4 is 22.2 Å². The number of aromatic hydroxyl groups is 2. The summed E-state index contributed by atoms with van der Waals surface area (Å²) in [5, 5.41) is 17.5. The predicted molar refractivity (Wildman–Crippen MR) is 121 cm³/mol. The molecule has 0 spiro atoms. The molecule has 158 valence electrons. The number of halogens is 2. The van der Waals surface area contributed by atoms with E-state index in [1.54, 1.807) is 0 Å². The van der Waals surface area contributed by atoms with E-state index in [1.165, 1.54) is 48.5 Å². The zero-order chi connectivity index (χ0) is 22.9. The Hall–Kier alpha value is -3.88. The van der Waals surface area contributed by atoms with Crippen molar-refractivity contribution in [2.24, 2.45) is 0 Å². The van der Waals surface area contributed by atoms with Crippen LogP contribution in [-0.2, 0) is 0 Å². The van der Waals surface area contributed by atoms with Crippen LogP contribution >= 0.6 is 23.2 Å². The number of nitrogens with zero attached hydrogens (tertiary/aromatic N) is 2. The van der Waals surface area contributed by atoms with Crippen molar-refractivity contribution in [1.82, 2.24) is 9.13 Å². The van der Waals surface area contributed by atoms with Crippen molar-refractivity contribution in [3.05, 3.63) is 100.0 Å². The van der Waals surface area contributed by atoms with Crippen molar-refractivity contribution in [3.8, 4) is 22.9 Å². The molecule has 0 aliphatic carbocycles. The van der Waals surface area contributed by atoms with Crippen LogP contribution in [0.4, 0.5) is 0 Å². The summed E-state index contributed by atoms with van der Waals surface area (Å²) in [7, 11) is 0. The first-order valence-corrected chi connectivity index (χ1v) is 9.88.